The first-order valence-electron chi connectivity index (χ1n) is 9.60. The summed E-state index contributed by atoms with van der Waals surface area (Å²) in [5.74, 6) is 1.13. The molecule has 1 unspecified atom stereocenters. The number of ketones is 1. The molecule has 1 atom stereocenters. The lowest BCUT2D eigenvalue weighted by Crippen LogP contribution is -2.32. The van der Waals surface area contributed by atoms with Crippen molar-refractivity contribution in [1.29, 1.82) is 0 Å². The van der Waals surface area contributed by atoms with Crippen LogP contribution in [0.25, 0.3) is 0 Å². The van der Waals surface area contributed by atoms with Crippen molar-refractivity contribution < 1.29 is 18.8 Å². The SMILES string of the molecule is Cc1ccc(C)c(C(=O)CC2S/C(=N\N=C3\CSC(=O)N3)N(Cc3ccco3)C2=O)c1. The van der Waals surface area contributed by atoms with Crippen LogP contribution in [0.15, 0.2) is 51.2 Å². The van der Waals surface area contributed by atoms with Crippen molar-refractivity contribution in [2.75, 3.05) is 5.75 Å². The summed E-state index contributed by atoms with van der Waals surface area (Å²) in [5, 5.41) is 10.5. The van der Waals surface area contributed by atoms with E-state index in [0.717, 1.165) is 22.9 Å². The molecule has 0 saturated carbocycles. The minimum atomic E-state index is -0.603. The summed E-state index contributed by atoms with van der Waals surface area (Å²) < 4.78 is 5.38. The maximum absolute atomic E-state index is 13.1. The van der Waals surface area contributed by atoms with E-state index < -0.39 is 5.25 Å². The predicted octanol–water partition coefficient (Wildman–Crippen LogP) is 3.74. The van der Waals surface area contributed by atoms with Crippen LogP contribution in [0.2, 0.25) is 0 Å². The van der Waals surface area contributed by atoms with E-state index in [1.54, 1.807) is 12.1 Å². The number of hydrogen-bond acceptors (Lipinski definition) is 8. The summed E-state index contributed by atoms with van der Waals surface area (Å²) in [4.78, 5) is 38.9. The number of rotatable bonds is 6. The molecule has 2 aromatic rings. The Balaban J connectivity index is 1.56. The van der Waals surface area contributed by atoms with Crippen molar-refractivity contribution in [3.05, 3.63) is 59.0 Å². The van der Waals surface area contributed by atoms with Gasteiger partial charge in [0.25, 0.3) is 5.24 Å². The van der Waals surface area contributed by atoms with Crippen LogP contribution in [-0.2, 0) is 11.3 Å². The molecule has 2 amide bonds. The Morgan fingerprint density at radius 1 is 1.26 bits per heavy atom. The fourth-order valence-corrected chi connectivity index (χ4v) is 4.89. The van der Waals surface area contributed by atoms with Gasteiger partial charge in [0.15, 0.2) is 11.0 Å². The number of thioether (sulfide) groups is 2. The first kappa shape index (κ1) is 21.4. The molecule has 1 aromatic carbocycles. The number of amidine groups is 2. The maximum atomic E-state index is 13.1. The second kappa shape index (κ2) is 9.11. The zero-order valence-electron chi connectivity index (χ0n) is 17.0. The first-order valence-corrected chi connectivity index (χ1v) is 11.5. The Hall–Kier alpha value is -2.85. The lowest BCUT2D eigenvalue weighted by atomic mass is 9.99. The van der Waals surface area contributed by atoms with Gasteiger partial charge >= 0.3 is 0 Å². The van der Waals surface area contributed by atoms with Gasteiger partial charge in [-0.1, -0.05) is 41.2 Å². The Labute approximate surface area is 187 Å². The van der Waals surface area contributed by atoms with E-state index in [1.807, 2.05) is 32.0 Å². The number of carbonyl (C=O) groups is 3. The van der Waals surface area contributed by atoms with Gasteiger partial charge in [-0.15, -0.1) is 10.2 Å². The molecule has 2 aliphatic heterocycles. The monoisotopic (exact) mass is 456 g/mol. The van der Waals surface area contributed by atoms with Gasteiger partial charge in [-0.05, 0) is 37.6 Å². The number of hydrogen-bond donors (Lipinski definition) is 1. The number of Topliss-reactive ketones (excluding diaryl/α,β-unsaturated/α-hetero) is 1. The summed E-state index contributed by atoms with van der Waals surface area (Å²) in [7, 11) is 0. The molecular formula is C21H20N4O4S2. The van der Waals surface area contributed by atoms with Crippen molar-refractivity contribution in [1.82, 2.24) is 10.2 Å². The largest absolute Gasteiger partial charge is 0.467 e. The van der Waals surface area contributed by atoms with Gasteiger partial charge in [-0.25, -0.2) is 0 Å². The molecule has 10 heteroatoms. The topological polar surface area (TPSA) is 104 Å². The quantitative estimate of drug-likeness (QED) is 0.525. The Kier molecular flexibility index (Phi) is 6.28. The van der Waals surface area contributed by atoms with Crippen molar-refractivity contribution in [3.8, 4) is 0 Å². The molecule has 2 aliphatic rings. The highest BCUT2D eigenvalue weighted by Crippen LogP contribution is 2.32. The van der Waals surface area contributed by atoms with E-state index in [4.69, 9.17) is 4.42 Å². The van der Waals surface area contributed by atoms with Gasteiger partial charge in [0.05, 0.1) is 23.8 Å². The second-order valence-electron chi connectivity index (χ2n) is 7.19. The third-order valence-corrected chi connectivity index (χ3v) is 6.77. The van der Waals surface area contributed by atoms with Crippen LogP contribution in [-0.4, -0.2) is 43.8 Å². The van der Waals surface area contributed by atoms with Crippen molar-refractivity contribution in [2.45, 2.75) is 32.1 Å². The molecule has 0 aliphatic carbocycles. The minimum absolute atomic E-state index is 0.0601. The number of carbonyl (C=O) groups excluding carboxylic acids is 3. The molecule has 31 heavy (non-hydrogen) atoms. The maximum Gasteiger partial charge on any atom is 0.284 e. The third-order valence-electron chi connectivity index (χ3n) is 4.82. The molecule has 0 bridgehead atoms. The van der Waals surface area contributed by atoms with Crippen LogP contribution in [0.3, 0.4) is 0 Å². The van der Waals surface area contributed by atoms with E-state index in [0.29, 0.717) is 28.1 Å². The van der Waals surface area contributed by atoms with Crippen LogP contribution in [0.1, 0.15) is 33.7 Å². The predicted molar refractivity (Wildman–Crippen MR) is 121 cm³/mol. The number of amides is 2. The molecule has 3 heterocycles. The number of nitrogens with one attached hydrogen (secondary N) is 1. The average Bonchev–Trinajstić information content (AvgIpc) is 3.46. The summed E-state index contributed by atoms with van der Waals surface area (Å²) in [5.41, 5.74) is 2.50. The van der Waals surface area contributed by atoms with E-state index in [1.165, 1.54) is 22.9 Å². The van der Waals surface area contributed by atoms with Gasteiger partial charge in [-0.3, -0.25) is 19.3 Å². The van der Waals surface area contributed by atoms with Crippen molar-refractivity contribution in [3.63, 3.8) is 0 Å². The van der Waals surface area contributed by atoms with Crippen LogP contribution >= 0.6 is 23.5 Å². The molecule has 0 radical (unpaired) electrons. The molecule has 1 N–H and O–H groups in total. The molecule has 2 fully saturated rings. The summed E-state index contributed by atoms with van der Waals surface area (Å²) in [6, 6.07) is 9.23. The lowest BCUT2D eigenvalue weighted by Gasteiger charge is -2.14. The summed E-state index contributed by atoms with van der Waals surface area (Å²) >= 11 is 2.31. The van der Waals surface area contributed by atoms with E-state index in [9.17, 15) is 14.4 Å². The van der Waals surface area contributed by atoms with E-state index in [-0.39, 0.29) is 29.9 Å². The van der Waals surface area contributed by atoms with Gasteiger partial charge in [0.2, 0.25) is 5.91 Å². The number of benzene rings is 1. The molecular weight excluding hydrogens is 436 g/mol. The standard InChI is InChI=1S/C21H20N4O4S2/c1-12-5-6-13(2)15(8-12)16(26)9-17-19(27)25(10-14-4-3-7-29-14)20(31-17)24-23-18-11-30-21(28)22-18/h3-8,17H,9-11H2,1-2H3,(H,22,23,28)/b24-20-. The molecule has 2 saturated heterocycles. The van der Waals surface area contributed by atoms with Gasteiger partial charge in [-0.2, -0.15) is 0 Å². The van der Waals surface area contributed by atoms with Crippen LogP contribution in [0.5, 0.6) is 0 Å². The Morgan fingerprint density at radius 2 is 2.10 bits per heavy atom. The van der Waals surface area contributed by atoms with Crippen LogP contribution in [0.4, 0.5) is 4.79 Å². The Morgan fingerprint density at radius 3 is 2.81 bits per heavy atom. The zero-order chi connectivity index (χ0) is 22.0. The highest BCUT2D eigenvalue weighted by Gasteiger charge is 2.40. The fraction of sp³-hybridized carbons (Fsp3) is 0.286. The average molecular weight is 457 g/mol. The number of furan rings is 1. The zero-order valence-corrected chi connectivity index (χ0v) is 18.6. The minimum Gasteiger partial charge on any atom is -0.467 e. The van der Waals surface area contributed by atoms with Gasteiger partial charge in [0, 0.05) is 12.0 Å². The highest BCUT2D eigenvalue weighted by molar-refractivity contribution is 8.15. The highest BCUT2D eigenvalue weighted by atomic mass is 32.2. The van der Waals surface area contributed by atoms with Gasteiger partial charge < -0.3 is 9.73 Å². The molecule has 4 rings (SSSR count). The first-order chi connectivity index (χ1) is 14.9. The lowest BCUT2D eigenvalue weighted by molar-refractivity contribution is -0.126. The molecule has 160 valence electrons. The van der Waals surface area contributed by atoms with Crippen LogP contribution < -0.4 is 5.32 Å². The second-order valence-corrected chi connectivity index (χ2v) is 9.30. The summed E-state index contributed by atoms with van der Waals surface area (Å²) in [6.07, 6.45) is 1.59. The van der Waals surface area contributed by atoms with E-state index in [2.05, 4.69) is 15.5 Å². The number of nitrogens with zero attached hydrogens (tertiary/aromatic N) is 3. The third kappa shape index (κ3) is 4.91. The van der Waals surface area contributed by atoms with Crippen molar-refractivity contribution >= 4 is 51.5 Å². The van der Waals surface area contributed by atoms with Crippen molar-refractivity contribution in [2.24, 2.45) is 10.2 Å². The normalized spacial score (nSPS) is 21.4. The molecule has 0 spiro atoms. The molecule has 1 aromatic heterocycles. The Bertz CT molecular complexity index is 1090. The van der Waals surface area contributed by atoms with Gasteiger partial charge in [0.1, 0.15) is 11.6 Å². The smallest absolute Gasteiger partial charge is 0.284 e. The summed E-state index contributed by atoms with van der Waals surface area (Å²) in [6.45, 7) is 4.01. The number of aryl methyl sites for hydroxylation is 2. The molecule has 8 nitrogen and oxygen atoms in total. The fourth-order valence-electron chi connectivity index (χ4n) is 3.22. The van der Waals surface area contributed by atoms with E-state index >= 15 is 0 Å². The van der Waals surface area contributed by atoms with Crippen LogP contribution in [0, 0.1) is 13.8 Å².